The maximum atomic E-state index is 14.1. The fourth-order valence-corrected chi connectivity index (χ4v) is 3.67. The van der Waals surface area contributed by atoms with Crippen molar-refractivity contribution < 1.29 is 8.78 Å². The summed E-state index contributed by atoms with van der Waals surface area (Å²) in [5, 5.41) is 7.40. The molecule has 0 radical (unpaired) electrons. The van der Waals surface area contributed by atoms with Gasteiger partial charge in [0.2, 0.25) is 0 Å². The quantitative estimate of drug-likeness (QED) is 0.805. The first-order valence-electron chi connectivity index (χ1n) is 7.92. The molecule has 1 aromatic carbocycles. The van der Waals surface area contributed by atoms with Crippen molar-refractivity contribution in [2.75, 3.05) is 5.32 Å². The Kier molecular flexibility index (Phi) is 4.57. The van der Waals surface area contributed by atoms with E-state index in [-0.39, 0.29) is 10.7 Å². The summed E-state index contributed by atoms with van der Waals surface area (Å²) in [6.07, 6.45) is 5.79. The number of halogens is 3. The van der Waals surface area contributed by atoms with Crippen LogP contribution in [-0.4, -0.2) is 9.78 Å². The van der Waals surface area contributed by atoms with Crippen molar-refractivity contribution in [2.45, 2.75) is 44.9 Å². The van der Waals surface area contributed by atoms with Gasteiger partial charge in [0.15, 0.2) is 11.6 Å². The van der Waals surface area contributed by atoms with Gasteiger partial charge in [-0.1, -0.05) is 30.9 Å². The fraction of sp³-hybridized carbons (Fsp3) is 0.471. The van der Waals surface area contributed by atoms with Gasteiger partial charge < -0.3 is 5.32 Å². The lowest BCUT2D eigenvalue weighted by atomic mass is 9.84. The minimum absolute atomic E-state index is 0.0410. The zero-order valence-electron chi connectivity index (χ0n) is 13.3. The Morgan fingerprint density at radius 1 is 1.17 bits per heavy atom. The molecule has 3 nitrogen and oxygen atoms in total. The second-order valence-corrected chi connectivity index (χ2v) is 6.61. The van der Waals surface area contributed by atoms with Gasteiger partial charge in [0.1, 0.15) is 11.5 Å². The predicted octanol–water partition coefficient (Wildman–Crippen LogP) is 5.45. The lowest BCUT2D eigenvalue weighted by Gasteiger charge is -2.23. The van der Waals surface area contributed by atoms with Crippen molar-refractivity contribution in [1.82, 2.24) is 9.78 Å². The third kappa shape index (κ3) is 3.20. The number of anilines is 2. The van der Waals surface area contributed by atoms with Gasteiger partial charge in [-0.2, -0.15) is 5.10 Å². The summed E-state index contributed by atoms with van der Waals surface area (Å²) in [5.41, 5.74) is 1.80. The number of nitrogens with zero attached hydrogens (tertiary/aromatic N) is 2. The molecule has 0 bridgehead atoms. The third-order valence-electron chi connectivity index (χ3n) is 4.53. The van der Waals surface area contributed by atoms with E-state index in [4.69, 9.17) is 11.6 Å². The fourth-order valence-electron chi connectivity index (χ4n) is 3.48. The summed E-state index contributed by atoms with van der Waals surface area (Å²) >= 11 is 5.69. The minimum atomic E-state index is -0.705. The van der Waals surface area contributed by atoms with Gasteiger partial charge in [0.05, 0.1) is 5.69 Å². The van der Waals surface area contributed by atoms with E-state index in [1.165, 1.54) is 19.3 Å². The smallest absolute Gasteiger partial charge is 0.151 e. The molecule has 0 atom stereocenters. The Morgan fingerprint density at radius 2 is 1.78 bits per heavy atom. The summed E-state index contributed by atoms with van der Waals surface area (Å²) in [6.45, 7) is 1.95. The molecule has 0 aliphatic heterocycles. The van der Waals surface area contributed by atoms with Gasteiger partial charge in [-0.05, 0) is 37.8 Å². The third-order valence-corrected chi connectivity index (χ3v) is 4.75. The summed E-state index contributed by atoms with van der Waals surface area (Å²) in [5.74, 6) is -0.361. The van der Waals surface area contributed by atoms with Crippen LogP contribution in [0.4, 0.5) is 20.3 Å². The normalized spacial score (nSPS) is 15.9. The van der Waals surface area contributed by atoms with Crippen molar-refractivity contribution in [3.8, 4) is 0 Å². The first kappa shape index (κ1) is 16.2. The van der Waals surface area contributed by atoms with Gasteiger partial charge in [-0.3, -0.25) is 4.68 Å². The van der Waals surface area contributed by atoms with E-state index in [2.05, 4.69) is 10.4 Å². The molecule has 6 heteroatoms. The van der Waals surface area contributed by atoms with Crippen molar-refractivity contribution in [3.05, 3.63) is 40.0 Å². The van der Waals surface area contributed by atoms with Gasteiger partial charge >= 0.3 is 0 Å². The molecule has 1 saturated carbocycles. The summed E-state index contributed by atoms with van der Waals surface area (Å²) in [6, 6.07) is 2.22. The molecule has 1 aliphatic rings. The number of aromatic nitrogens is 2. The topological polar surface area (TPSA) is 29.9 Å². The number of benzene rings is 1. The van der Waals surface area contributed by atoms with Crippen molar-refractivity contribution in [2.24, 2.45) is 7.05 Å². The number of hydrogen-bond donors (Lipinski definition) is 1. The highest BCUT2D eigenvalue weighted by molar-refractivity contribution is 6.30. The molecular weight excluding hydrogens is 320 g/mol. The molecule has 0 spiro atoms. The van der Waals surface area contributed by atoms with Gasteiger partial charge in [0.25, 0.3) is 0 Å². The Morgan fingerprint density at radius 3 is 2.39 bits per heavy atom. The lowest BCUT2D eigenvalue weighted by molar-refractivity contribution is 0.443. The minimum Gasteiger partial charge on any atom is -0.335 e. The number of rotatable bonds is 3. The van der Waals surface area contributed by atoms with Crippen LogP contribution >= 0.6 is 11.6 Å². The second-order valence-electron chi connectivity index (χ2n) is 6.18. The van der Waals surface area contributed by atoms with Gasteiger partial charge in [0, 0.05) is 17.6 Å². The largest absolute Gasteiger partial charge is 0.335 e. The highest BCUT2D eigenvalue weighted by Gasteiger charge is 2.25. The van der Waals surface area contributed by atoms with Gasteiger partial charge in [-0.15, -0.1) is 0 Å². The van der Waals surface area contributed by atoms with E-state index in [9.17, 15) is 8.78 Å². The van der Waals surface area contributed by atoms with E-state index in [0.29, 0.717) is 11.7 Å². The number of hydrogen-bond acceptors (Lipinski definition) is 2. The molecule has 1 aliphatic carbocycles. The van der Waals surface area contributed by atoms with Crippen LogP contribution < -0.4 is 5.32 Å². The monoisotopic (exact) mass is 339 g/mol. The average molecular weight is 340 g/mol. The molecule has 1 heterocycles. The first-order valence-corrected chi connectivity index (χ1v) is 8.30. The average Bonchev–Trinajstić information content (AvgIpc) is 2.77. The highest BCUT2D eigenvalue weighted by atomic mass is 35.5. The molecule has 0 unspecified atom stereocenters. The van der Waals surface area contributed by atoms with Gasteiger partial charge in [-0.25, -0.2) is 8.78 Å². The van der Waals surface area contributed by atoms with Crippen molar-refractivity contribution in [1.29, 1.82) is 0 Å². The van der Waals surface area contributed by atoms with Crippen molar-refractivity contribution >= 4 is 23.1 Å². The van der Waals surface area contributed by atoms with Crippen LogP contribution in [0.5, 0.6) is 0 Å². The van der Waals surface area contributed by atoms with E-state index >= 15 is 0 Å². The molecule has 0 saturated heterocycles. The SMILES string of the molecule is Cc1nn(C)c(Nc2c(F)cc(Cl)cc2F)c1C1CCCCC1. The molecule has 23 heavy (non-hydrogen) atoms. The highest BCUT2D eigenvalue weighted by Crippen LogP contribution is 2.39. The molecule has 0 amide bonds. The standard InChI is InChI=1S/C17H20ClF2N3/c1-10-15(11-6-4-3-5-7-11)17(23(2)22-10)21-16-13(19)8-12(18)9-14(16)20/h8-9,11,21H,3-7H2,1-2H3. The maximum Gasteiger partial charge on any atom is 0.151 e. The van der Waals surface area contributed by atoms with Crippen LogP contribution in [0, 0.1) is 18.6 Å². The van der Waals surface area contributed by atoms with Crippen LogP contribution in [0.1, 0.15) is 49.3 Å². The van der Waals surface area contributed by atoms with Crippen LogP contribution in [0.3, 0.4) is 0 Å². The van der Waals surface area contributed by atoms with E-state index in [0.717, 1.165) is 36.2 Å². The van der Waals surface area contributed by atoms with E-state index < -0.39 is 11.6 Å². The molecule has 124 valence electrons. The number of nitrogens with one attached hydrogen (secondary N) is 1. The summed E-state index contributed by atoms with van der Waals surface area (Å²) < 4.78 is 29.8. The zero-order chi connectivity index (χ0) is 16.6. The van der Waals surface area contributed by atoms with Crippen LogP contribution in [-0.2, 0) is 7.05 Å². The summed E-state index contributed by atoms with van der Waals surface area (Å²) in [7, 11) is 1.79. The summed E-state index contributed by atoms with van der Waals surface area (Å²) in [4.78, 5) is 0. The van der Waals surface area contributed by atoms with Crippen molar-refractivity contribution in [3.63, 3.8) is 0 Å². The Bertz CT molecular complexity index is 698. The molecule has 1 fully saturated rings. The first-order chi connectivity index (χ1) is 11.0. The maximum absolute atomic E-state index is 14.1. The molecule has 3 rings (SSSR count). The number of aryl methyl sites for hydroxylation is 2. The molecular formula is C17H20ClF2N3. The second kappa shape index (κ2) is 6.48. The Hall–Kier alpha value is -1.62. The molecule has 2 aromatic rings. The molecule has 1 N–H and O–H groups in total. The Labute approximate surface area is 139 Å². The van der Waals surface area contributed by atoms with Crippen LogP contribution in [0.2, 0.25) is 5.02 Å². The van der Waals surface area contributed by atoms with E-state index in [1.807, 2.05) is 6.92 Å². The van der Waals surface area contributed by atoms with Crippen LogP contribution in [0.15, 0.2) is 12.1 Å². The molecule has 1 aromatic heterocycles. The van der Waals surface area contributed by atoms with Crippen LogP contribution in [0.25, 0.3) is 0 Å². The predicted molar refractivity (Wildman–Crippen MR) is 88.4 cm³/mol. The van der Waals surface area contributed by atoms with E-state index in [1.54, 1.807) is 11.7 Å². The Balaban J connectivity index is 2.00. The lowest BCUT2D eigenvalue weighted by Crippen LogP contribution is -2.10. The zero-order valence-corrected chi connectivity index (χ0v) is 14.1.